The molecule has 0 aliphatic rings. The Morgan fingerprint density at radius 2 is 0.879 bits per heavy atom. The van der Waals surface area contributed by atoms with Crippen LogP contribution in [0.15, 0.2) is 8.68 Å². The SMILES string of the molecule is CCO[Si](CCCSc1nnc(SCCC[Si](OCC)(OCC)OCC)s1)(OCC)OCC. The Balaban J connectivity index is 2.42. The second-order valence-electron chi connectivity index (χ2n) is 6.70. The molecule has 1 heterocycles. The molecule has 0 amide bonds. The van der Waals surface area contributed by atoms with Crippen molar-refractivity contribution < 1.29 is 26.6 Å². The lowest BCUT2D eigenvalue weighted by Crippen LogP contribution is -2.46. The summed E-state index contributed by atoms with van der Waals surface area (Å²) in [6.45, 7) is 15.6. The van der Waals surface area contributed by atoms with Gasteiger partial charge in [-0.1, -0.05) is 34.9 Å². The summed E-state index contributed by atoms with van der Waals surface area (Å²) in [5.41, 5.74) is 0. The predicted octanol–water partition coefficient (Wildman–Crippen LogP) is 5.60. The van der Waals surface area contributed by atoms with Gasteiger partial charge in [-0.05, 0) is 54.4 Å². The van der Waals surface area contributed by atoms with Gasteiger partial charge in [0, 0.05) is 63.2 Å². The van der Waals surface area contributed by atoms with Crippen LogP contribution in [0.3, 0.4) is 0 Å². The summed E-state index contributed by atoms with van der Waals surface area (Å²) in [5.74, 6) is 1.87. The fourth-order valence-corrected chi connectivity index (χ4v) is 12.0. The highest BCUT2D eigenvalue weighted by atomic mass is 32.2. The minimum absolute atomic E-state index is 0.611. The average Bonchev–Trinajstić information content (AvgIpc) is 3.23. The number of nitrogens with zero attached hydrogens (tertiary/aromatic N) is 2. The molecule has 194 valence electrons. The zero-order valence-corrected chi connectivity index (χ0v) is 25.5. The molecule has 1 aromatic rings. The van der Waals surface area contributed by atoms with Crippen LogP contribution < -0.4 is 0 Å². The predicted molar refractivity (Wildman–Crippen MR) is 141 cm³/mol. The van der Waals surface area contributed by atoms with E-state index in [4.69, 9.17) is 26.6 Å². The summed E-state index contributed by atoms with van der Waals surface area (Å²) in [7, 11) is -5.12. The second kappa shape index (κ2) is 18.7. The van der Waals surface area contributed by atoms with Crippen molar-refractivity contribution in [2.24, 2.45) is 0 Å². The van der Waals surface area contributed by atoms with Gasteiger partial charge in [0.25, 0.3) is 0 Å². The Morgan fingerprint density at radius 1 is 0.576 bits per heavy atom. The molecule has 0 aliphatic carbocycles. The summed E-state index contributed by atoms with van der Waals surface area (Å²) in [4.78, 5) is 0. The second-order valence-corrected chi connectivity index (χ2v) is 15.8. The van der Waals surface area contributed by atoms with Crippen LogP contribution in [0.5, 0.6) is 0 Å². The smallest absolute Gasteiger partial charge is 0.374 e. The first kappa shape index (κ1) is 31.5. The van der Waals surface area contributed by atoms with Crippen molar-refractivity contribution in [3.63, 3.8) is 0 Å². The van der Waals surface area contributed by atoms with Crippen molar-refractivity contribution in [3.8, 4) is 0 Å². The van der Waals surface area contributed by atoms with Gasteiger partial charge in [0.2, 0.25) is 0 Å². The van der Waals surface area contributed by atoms with Gasteiger partial charge >= 0.3 is 17.6 Å². The molecule has 13 heteroatoms. The van der Waals surface area contributed by atoms with E-state index in [2.05, 4.69) is 10.2 Å². The van der Waals surface area contributed by atoms with Crippen LogP contribution in [-0.2, 0) is 26.6 Å². The van der Waals surface area contributed by atoms with Crippen LogP contribution in [0.4, 0.5) is 0 Å². The molecule has 1 rings (SSSR count). The molecule has 0 bridgehead atoms. The Labute approximate surface area is 214 Å². The minimum Gasteiger partial charge on any atom is -0.374 e. The molecule has 1 aromatic heterocycles. The van der Waals surface area contributed by atoms with Crippen molar-refractivity contribution in [2.75, 3.05) is 51.1 Å². The highest BCUT2D eigenvalue weighted by molar-refractivity contribution is 8.03. The third kappa shape index (κ3) is 12.3. The first-order valence-electron chi connectivity index (χ1n) is 11.9. The normalized spacial score (nSPS) is 12.5. The van der Waals surface area contributed by atoms with E-state index in [1.54, 1.807) is 34.9 Å². The van der Waals surface area contributed by atoms with E-state index < -0.39 is 17.6 Å². The van der Waals surface area contributed by atoms with Crippen molar-refractivity contribution in [1.29, 1.82) is 0 Å². The van der Waals surface area contributed by atoms with Gasteiger partial charge in [0.05, 0.1) is 0 Å². The van der Waals surface area contributed by atoms with Crippen LogP contribution >= 0.6 is 34.9 Å². The topological polar surface area (TPSA) is 81.2 Å². The summed E-state index contributed by atoms with van der Waals surface area (Å²) in [5, 5.41) is 8.68. The average molecular weight is 559 g/mol. The van der Waals surface area contributed by atoms with Crippen LogP contribution in [-0.4, -0.2) is 79.0 Å². The number of thioether (sulfide) groups is 2. The highest BCUT2D eigenvalue weighted by Crippen LogP contribution is 2.31. The van der Waals surface area contributed by atoms with Gasteiger partial charge in [-0.3, -0.25) is 0 Å². The number of rotatable bonds is 22. The molecule has 0 aliphatic heterocycles. The maximum Gasteiger partial charge on any atom is 0.500 e. The zero-order valence-electron chi connectivity index (χ0n) is 21.1. The van der Waals surface area contributed by atoms with E-state index in [1.165, 1.54) is 0 Å². The molecule has 0 spiro atoms. The van der Waals surface area contributed by atoms with Crippen LogP contribution in [0, 0.1) is 0 Å². The minimum atomic E-state index is -2.56. The van der Waals surface area contributed by atoms with Gasteiger partial charge in [-0.15, -0.1) is 10.2 Å². The Bertz CT molecular complexity index is 536. The first-order chi connectivity index (χ1) is 16.0. The molecular weight excluding hydrogens is 517 g/mol. The zero-order chi connectivity index (χ0) is 24.4. The van der Waals surface area contributed by atoms with Crippen LogP contribution in [0.25, 0.3) is 0 Å². The lowest BCUT2D eigenvalue weighted by Gasteiger charge is -2.28. The maximum absolute atomic E-state index is 5.92. The van der Waals surface area contributed by atoms with Crippen molar-refractivity contribution >= 4 is 52.5 Å². The maximum atomic E-state index is 5.92. The Morgan fingerprint density at radius 3 is 1.15 bits per heavy atom. The van der Waals surface area contributed by atoms with E-state index in [0.29, 0.717) is 39.6 Å². The van der Waals surface area contributed by atoms with Crippen molar-refractivity contribution in [1.82, 2.24) is 10.2 Å². The van der Waals surface area contributed by atoms with E-state index >= 15 is 0 Å². The molecule has 0 atom stereocenters. The molecule has 0 unspecified atom stereocenters. The molecule has 0 fully saturated rings. The van der Waals surface area contributed by atoms with Crippen LogP contribution in [0.1, 0.15) is 54.4 Å². The summed E-state index contributed by atoms with van der Waals surface area (Å²) in [6.07, 6.45) is 1.91. The molecule has 0 aromatic carbocycles. The molecule has 0 saturated heterocycles. The molecular formula is C20H42N2O6S3Si2. The molecule has 0 N–H and O–H groups in total. The molecule has 33 heavy (non-hydrogen) atoms. The van der Waals surface area contributed by atoms with E-state index in [-0.39, 0.29) is 0 Å². The van der Waals surface area contributed by atoms with Gasteiger partial charge in [-0.25, -0.2) is 0 Å². The van der Waals surface area contributed by atoms with Crippen molar-refractivity contribution in [2.45, 2.75) is 75.2 Å². The first-order valence-corrected chi connectivity index (χ1v) is 18.6. The van der Waals surface area contributed by atoms with Gasteiger partial charge in [0.1, 0.15) is 0 Å². The van der Waals surface area contributed by atoms with E-state index in [0.717, 1.165) is 45.1 Å². The molecule has 8 nitrogen and oxygen atoms in total. The fraction of sp³-hybridized carbons (Fsp3) is 0.900. The Kier molecular flexibility index (Phi) is 17.8. The number of hydrogen-bond donors (Lipinski definition) is 0. The van der Waals surface area contributed by atoms with Gasteiger partial charge in [-0.2, -0.15) is 0 Å². The summed E-state index contributed by atoms with van der Waals surface area (Å²) >= 11 is 5.12. The number of aromatic nitrogens is 2. The standard InChI is InChI=1S/C20H42N2O6S3Si2/c1-7-23-32(24-8-2,25-9-3)17-13-15-29-19-21-22-20(31-19)30-16-14-18-33(26-10-4,27-11-5)28-12-6/h7-18H2,1-6H3. The monoisotopic (exact) mass is 558 g/mol. The lowest BCUT2D eigenvalue weighted by molar-refractivity contribution is 0.0704. The lowest BCUT2D eigenvalue weighted by atomic mass is 10.6. The van der Waals surface area contributed by atoms with Crippen LogP contribution in [0.2, 0.25) is 12.1 Å². The third-order valence-electron chi connectivity index (χ3n) is 4.28. The molecule has 0 radical (unpaired) electrons. The van der Waals surface area contributed by atoms with E-state index in [9.17, 15) is 0 Å². The summed E-state index contributed by atoms with van der Waals surface area (Å²) < 4.78 is 37.5. The molecule has 0 saturated carbocycles. The van der Waals surface area contributed by atoms with Crippen molar-refractivity contribution in [3.05, 3.63) is 0 Å². The Hall–Kier alpha value is 0.454. The van der Waals surface area contributed by atoms with Gasteiger partial charge in [0.15, 0.2) is 8.68 Å². The van der Waals surface area contributed by atoms with E-state index in [1.807, 2.05) is 41.5 Å². The third-order valence-corrected chi connectivity index (χ3v) is 13.9. The largest absolute Gasteiger partial charge is 0.500 e. The highest BCUT2D eigenvalue weighted by Gasteiger charge is 2.40. The number of hydrogen-bond acceptors (Lipinski definition) is 11. The fourth-order valence-electron chi connectivity index (χ4n) is 3.21. The summed E-state index contributed by atoms with van der Waals surface area (Å²) in [6, 6.07) is 1.64. The van der Waals surface area contributed by atoms with Gasteiger partial charge < -0.3 is 26.6 Å². The quantitative estimate of drug-likeness (QED) is 0.102.